The van der Waals surface area contributed by atoms with Crippen LogP contribution in [0.3, 0.4) is 0 Å². The van der Waals surface area contributed by atoms with Gasteiger partial charge in [-0.1, -0.05) is 13.0 Å². The van der Waals surface area contributed by atoms with Crippen LogP contribution in [0.4, 0.5) is 11.4 Å². The molecular weight excluding hydrogens is 212 g/mol. The molecule has 5 heteroatoms. The smallest absolute Gasteiger partial charge is 0.229 e. The molecule has 0 saturated carbocycles. The lowest BCUT2D eigenvalue weighted by Crippen LogP contribution is -2.09. The van der Waals surface area contributed by atoms with Crippen LogP contribution in [0.15, 0.2) is 24.3 Å². The summed E-state index contributed by atoms with van der Waals surface area (Å²) in [4.78, 5) is 0. The number of nitrogens with one attached hydrogen (secondary N) is 2. The Morgan fingerprint density at radius 2 is 1.93 bits per heavy atom. The van der Waals surface area contributed by atoms with Crippen molar-refractivity contribution in [2.24, 2.45) is 0 Å². The molecule has 84 valence electrons. The summed E-state index contributed by atoms with van der Waals surface area (Å²) < 4.78 is 24.4. The van der Waals surface area contributed by atoms with Crippen LogP contribution in [0.1, 0.15) is 13.3 Å². The first-order valence-corrected chi connectivity index (χ1v) is 6.72. The van der Waals surface area contributed by atoms with Crippen LogP contribution < -0.4 is 10.0 Å². The van der Waals surface area contributed by atoms with E-state index in [-0.39, 0.29) is 0 Å². The Hall–Kier alpha value is -1.23. The third-order valence-electron chi connectivity index (χ3n) is 1.74. The van der Waals surface area contributed by atoms with Gasteiger partial charge in [0.1, 0.15) is 0 Å². The van der Waals surface area contributed by atoms with Crippen molar-refractivity contribution in [1.82, 2.24) is 0 Å². The van der Waals surface area contributed by atoms with Crippen LogP contribution in [0, 0.1) is 0 Å². The van der Waals surface area contributed by atoms with Crippen LogP contribution in [-0.2, 0) is 10.0 Å². The number of anilines is 2. The van der Waals surface area contributed by atoms with E-state index in [1.807, 2.05) is 12.1 Å². The fraction of sp³-hybridized carbons (Fsp3) is 0.400. The fourth-order valence-corrected chi connectivity index (χ4v) is 1.73. The zero-order valence-corrected chi connectivity index (χ0v) is 9.76. The van der Waals surface area contributed by atoms with Crippen molar-refractivity contribution < 1.29 is 8.42 Å². The number of benzene rings is 1. The highest BCUT2D eigenvalue weighted by Gasteiger charge is 2.01. The summed E-state index contributed by atoms with van der Waals surface area (Å²) in [5.41, 5.74) is 1.50. The Morgan fingerprint density at radius 3 is 2.53 bits per heavy atom. The Morgan fingerprint density at radius 1 is 1.27 bits per heavy atom. The SMILES string of the molecule is CCCNc1cccc(NS(C)(=O)=O)c1. The lowest BCUT2D eigenvalue weighted by atomic mass is 10.3. The summed E-state index contributed by atoms with van der Waals surface area (Å²) >= 11 is 0. The molecule has 0 amide bonds. The van der Waals surface area contributed by atoms with Crippen molar-refractivity contribution in [3.63, 3.8) is 0 Å². The van der Waals surface area contributed by atoms with Gasteiger partial charge in [0, 0.05) is 12.2 Å². The maximum absolute atomic E-state index is 11.0. The van der Waals surface area contributed by atoms with E-state index in [4.69, 9.17) is 0 Å². The van der Waals surface area contributed by atoms with Crippen molar-refractivity contribution >= 4 is 21.4 Å². The van der Waals surface area contributed by atoms with Crippen LogP contribution in [-0.4, -0.2) is 21.2 Å². The first-order chi connectivity index (χ1) is 7.01. The van der Waals surface area contributed by atoms with E-state index in [9.17, 15) is 8.42 Å². The van der Waals surface area contributed by atoms with Crippen molar-refractivity contribution in [1.29, 1.82) is 0 Å². The zero-order chi connectivity index (χ0) is 11.3. The van der Waals surface area contributed by atoms with Gasteiger partial charge in [-0.2, -0.15) is 0 Å². The molecule has 0 aliphatic heterocycles. The Kier molecular flexibility index (Phi) is 3.96. The van der Waals surface area contributed by atoms with Crippen LogP contribution in [0.2, 0.25) is 0 Å². The predicted molar refractivity (Wildman–Crippen MR) is 63.7 cm³/mol. The molecule has 4 nitrogen and oxygen atoms in total. The summed E-state index contributed by atoms with van der Waals surface area (Å²) in [6.45, 7) is 2.95. The lowest BCUT2D eigenvalue weighted by molar-refractivity contribution is 0.607. The second-order valence-electron chi connectivity index (χ2n) is 3.38. The molecule has 0 fully saturated rings. The van der Waals surface area contributed by atoms with Gasteiger partial charge in [-0.25, -0.2) is 8.42 Å². The number of sulfonamides is 1. The minimum absolute atomic E-state index is 0.582. The summed E-state index contributed by atoms with van der Waals surface area (Å²) in [6.07, 6.45) is 2.17. The van der Waals surface area contributed by atoms with E-state index < -0.39 is 10.0 Å². The second-order valence-corrected chi connectivity index (χ2v) is 5.13. The van der Waals surface area contributed by atoms with Crippen LogP contribution in [0.5, 0.6) is 0 Å². The highest BCUT2D eigenvalue weighted by molar-refractivity contribution is 7.92. The number of hydrogen-bond acceptors (Lipinski definition) is 3. The lowest BCUT2D eigenvalue weighted by Gasteiger charge is -2.08. The average Bonchev–Trinajstić information content (AvgIpc) is 2.12. The molecular formula is C10H16N2O2S. The molecule has 0 atom stereocenters. The molecule has 0 unspecified atom stereocenters. The highest BCUT2D eigenvalue weighted by atomic mass is 32.2. The van der Waals surface area contributed by atoms with Gasteiger partial charge in [0.2, 0.25) is 10.0 Å². The highest BCUT2D eigenvalue weighted by Crippen LogP contribution is 2.15. The van der Waals surface area contributed by atoms with E-state index in [1.54, 1.807) is 12.1 Å². The molecule has 1 rings (SSSR count). The Labute approximate surface area is 90.8 Å². The molecule has 0 bridgehead atoms. The molecule has 0 aliphatic rings. The molecule has 1 aromatic rings. The summed E-state index contributed by atoms with van der Waals surface area (Å²) in [5, 5.41) is 3.19. The van der Waals surface area contributed by atoms with Gasteiger partial charge >= 0.3 is 0 Å². The molecule has 1 aromatic carbocycles. The molecule has 0 saturated heterocycles. The number of rotatable bonds is 5. The maximum atomic E-state index is 11.0. The molecule has 0 aliphatic carbocycles. The molecule has 0 radical (unpaired) electrons. The van der Waals surface area contributed by atoms with E-state index in [0.717, 1.165) is 24.9 Å². The summed E-state index contributed by atoms with van der Waals surface area (Å²) in [5.74, 6) is 0. The van der Waals surface area contributed by atoms with Gasteiger partial charge in [-0.15, -0.1) is 0 Å². The first-order valence-electron chi connectivity index (χ1n) is 4.83. The van der Waals surface area contributed by atoms with Gasteiger partial charge in [0.15, 0.2) is 0 Å². The van der Waals surface area contributed by atoms with Gasteiger partial charge in [-0.3, -0.25) is 4.72 Å². The third kappa shape index (κ3) is 4.69. The first kappa shape index (κ1) is 11.8. The van der Waals surface area contributed by atoms with Crippen molar-refractivity contribution in [3.8, 4) is 0 Å². The van der Waals surface area contributed by atoms with E-state index in [1.165, 1.54) is 0 Å². The fourth-order valence-electron chi connectivity index (χ4n) is 1.18. The average molecular weight is 228 g/mol. The Balaban J connectivity index is 2.74. The molecule has 0 heterocycles. The maximum Gasteiger partial charge on any atom is 0.229 e. The zero-order valence-electron chi connectivity index (χ0n) is 8.95. The third-order valence-corrected chi connectivity index (χ3v) is 2.35. The van der Waals surface area contributed by atoms with Crippen molar-refractivity contribution in [2.45, 2.75) is 13.3 Å². The monoisotopic (exact) mass is 228 g/mol. The molecule has 15 heavy (non-hydrogen) atoms. The van der Waals surface area contributed by atoms with Crippen LogP contribution in [0.25, 0.3) is 0 Å². The second kappa shape index (κ2) is 5.02. The largest absolute Gasteiger partial charge is 0.385 e. The quantitative estimate of drug-likeness (QED) is 0.809. The normalized spacial score (nSPS) is 11.1. The van der Waals surface area contributed by atoms with Gasteiger partial charge in [-0.05, 0) is 24.6 Å². The van der Waals surface area contributed by atoms with Crippen molar-refractivity contribution in [2.75, 3.05) is 22.8 Å². The van der Waals surface area contributed by atoms with Gasteiger partial charge in [0.05, 0.1) is 11.9 Å². The van der Waals surface area contributed by atoms with E-state index in [0.29, 0.717) is 5.69 Å². The minimum atomic E-state index is -3.19. The molecule has 0 aromatic heterocycles. The Bertz CT molecular complexity index is 415. The standard InChI is InChI=1S/C10H16N2O2S/c1-3-7-11-9-5-4-6-10(8-9)12-15(2,13)14/h4-6,8,11-12H,3,7H2,1-2H3. The van der Waals surface area contributed by atoms with E-state index >= 15 is 0 Å². The topological polar surface area (TPSA) is 58.2 Å². The molecule has 2 N–H and O–H groups in total. The van der Waals surface area contributed by atoms with Gasteiger partial charge in [0.25, 0.3) is 0 Å². The van der Waals surface area contributed by atoms with Gasteiger partial charge < -0.3 is 5.32 Å². The van der Waals surface area contributed by atoms with E-state index in [2.05, 4.69) is 17.0 Å². The van der Waals surface area contributed by atoms with Crippen LogP contribution >= 0.6 is 0 Å². The molecule has 0 spiro atoms. The minimum Gasteiger partial charge on any atom is -0.385 e. The number of hydrogen-bond donors (Lipinski definition) is 2. The summed E-state index contributed by atoms with van der Waals surface area (Å²) in [6, 6.07) is 7.21. The predicted octanol–water partition coefficient (Wildman–Crippen LogP) is 1.88. The summed E-state index contributed by atoms with van der Waals surface area (Å²) in [7, 11) is -3.19. The van der Waals surface area contributed by atoms with Crippen molar-refractivity contribution in [3.05, 3.63) is 24.3 Å².